The molecule has 0 saturated carbocycles. The molecule has 0 bridgehead atoms. The summed E-state index contributed by atoms with van der Waals surface area (Å²) in [5.41, 5.74) is 0. The lowest BCUT2D eigenvalue weighted by molar-refractivity contribution is -0.154. The molecule has 0 rings (SSSR count). The number of aldehydes is 1. The Morgan fingerprint density at radius 2 is 1.90 bits per heavy atom. The summed E-state index contributed by atoms with van der Waals surface area (Å²) in [6, 6.07) is 0. The van der Waals surface area contributed by atoms with Crippen LogP contribution in [0, 0.1) is 5.92 Å². The summed E-state index contributed by atoms with van der Waals surface area (Å²) in [6.45, 7) is 4.98. The van der Waals surface area contributed by atoms with E-state index in [4.69, 9.17) is 0 Å². The van der Waals surface area contributed by atoms with Gasteiger partial charge in [0.25, 0.3) is 0 Å². The van der Waals surface area contributed by atoms with Crippen LogP contribution >= 0.6 is 0 Å². The summed E-state index contributed by atoms with van der Waals surface area (Å²) >= 11 is 0. The van der Waals surface area contributed by atoms with E-state index in [2.05, 4.69) is 4.74 Å². The van der Waals surface area contributed by atoms with Crippen LogP contribution in [0.1, 0.15) is 20.8 Å². The van der Waals surface area contributed by atoms with Crippen LogP contribution in [0.25, 0.3) is 0 Å². The monoisotopic (exact) mass is 144 g/mol. The SMILES string of the molecule is CC(C=O)OC(=O)C(C)C. The van der Waals surface area contributed by atoms with Gasteiger partial charge in [-0.05, 0) is 6.92 Å². The van der Waals surface area contributed by atoms with Gasteiger partial charge in [0.2, 0.25) is 0 Å². The topological polar surface area (TPSA) is 43.4 Å². The fraction of sp³-hybridized carbons (Fsp3) is 0.714. The largest absolute Gasteiger partial charge is 0.455 e. The molecule has 3 heteroatoms. The van der Waals surface area contributed by atoms with Gasteiger partial charge in [0.1, 0.15) is 0 Å². The molecule has 0 aliphatic heterocycles. The lowest BCUT2D eigenvalue weighted by atomic mass is 10.2. The van der Waals surface area contributed by atoms with Gasteiger partial charge in [0.15, 0.2) is 12.4 Å². The summed E-state index contributed by atoms with van der Waals surface area (Å²) < 4.78 is 4.65. The number of rotatable bonds is 3. The van der Waals surface area contributed by atoms with Gasteiger partial charge in [-0.1, -0.05) is 13.8 Å². The molecule has 58 valence electrons. The van der Waals surface area contributed by atoms with Crippen LogP contribution in [0.4, 0.5) is 0 Å². The highest BCUT2D eigenvalue weighted by Crippen LogP contribution is 1.97. The minimum Gasteiger partial charge on any atom is -0.455 e. The molecule has 0 heterocycles. The third-order valence-electron chi connectivity index (χ3n) is 0.965. The number of esters is 1. The Morgan fingerprint density at radius 1 is 1.40 bits per heavy atom. The predicted octanol–water partition coefficient (Wildman–Crippen LogP) is 0.773. The van der Waals surface area contributed by atoms with Crippen molar-refractivity contribution in [2.24, 2.45) is 5.92 Å². The van der Waals surface area contributed by atoms with Crippen molar-refractivity contribution in [2.75, 3.05) is 0 Å². The average molecular weight is 144 g/mol. The van der Waals surface area contributed by atoms with Gasteiger partial charge in [-0.25, -0.2) is 0 Å². The lowest BCUT2D eigenvalue weighted by Gasteiger charge is -2.08. The molecule has 0 N–H and O–H groups in total. The van der Waals surface area contributed by atoms with Gasteiger partial charge < -0.3 is 4.74 Å². The Kier molecular flexibility index (Phi) is 3.69. The maximum absolute atomic E-state index is 10.7. The van der Waals surface area contributed by atoms with Gasteiger partial charge in [0, 0.05) is 0 Å². The molecular formula is C7H12O3. The van der Waals surface area contributed by atoms with Gasteiger partial charge in [0.05, 0.1) is 5.92 Å². The Bertz CT molecular complexity index is 129. The van der Waals surface area contributed by atoms with Crippen LogP contribution in [0.3, 0.4) is 0 Å². The summed E-state index contributed by atoms with van der Waals surface area (Å²) in [4.78, 5) is 20.7. The highest BCUT2D eigenvalue weighted by Gasteiger charge is 2.11. The van der Waals surface area contributed by atoms with Crippen molar-refractivity contribution in [1.82, 2.24) is 0 Å². The first-order valence-electron chi connectivity index (χ1n) is 3.23. The summed E-state index contributed by atoms with van der Waals surface area (Å²) in [5, 5.41) is 0. The molecule has 0 aliphatic rings. The fourth-order valence-corrected chi connectivity index (χ4v) is 0.347. The molecule has 1 unspecified atom stereocenters. The zero-order valence-corrected chi connectivity index (χ0v) is 6.46. The van der Waals surface area contributed by atoms with Crippen LogP contribution in [-0.4, -0.2) is 18.4 Å². The van der Waals surface area contributed by atoms with E-state index in [1.165, 1.54) is 6.92 Å². The Labute approximate surface area is 60.4 Å². The Morgan fingerprint density at radius 3 is 2.20 bits per heavy atom. The van der Waals surface area contributed by atoms with Gasteiger partial charge in [-0.2, -0.15) is 0 Å². The third kappa shape index (κ3) is 3.22. The van der Waals surface area contributed by atoms with Gasteiger partial charge in [-0.15, -0.1) is 0 Å². The first-order valence-corrected chi connectivity index (χ1v) is 3.23. The van der Waals surface area contributed by atoms with Crippen LogP contribution in [0.15, 0.2) is 0 Å². The molecule has 0 aromatic carbocycles. The smallest absolute Gasteiger partial charge is 0.309 e. The van der Waals surface area contributed by atoms with E-state index in [0.717, 1.165) is 0 Å². The second kappa shape index (κ2) is 4.04. The molecule has 0 aliphatic carbocycles. The number of carbonyl (C=O) groups is 2. The standard InChI is InChI=1S/C7H12O3/c1-5(2)7(9)10-6(3)4-8/h4-6H,1-3H3. The molecule has 0 aromatic heterocycles. The van der Waals surface area contributed by atoms with E-state index >= 15 is 0 Å². The number of carbonyl (C=O) groups excluding carboxylic acids is 2. The average Bonchev–Trinajstić information content (AvgIpc) is 1.87. The summed E-state index contributed by atoms with van der Waals surface area (Å²) in [7, 11) is 0. The van der Waals surface area contributed by atoms with Crippen molar-refractivity contribution in [1.29, 1.82) is 0 Å². The van der Waals surface area contributed by atoms with Crippen LogP contribution in [0.2, 0.25) is 0 Å². The van der Waals surface area contributed by atoms with Crippen molar-refractivity contribution >= 4 is 12.3 Å². The fourth-order valence-electron chi connectivity index (χ4n) is 0.347. The second-order valence-corrected chi connectivity index (χ2v) is 2.43. The normalized spacial score (nSPS) is 12.8. The minimum absolute atomic E-state index is 0.164. The van der Waals surface area contributed by atoms with Crippen molar-refractivity contribution in [3.63, 3.8) is 0 Å². The second-order valence-electron chi connectivity index (χ2n) is 2.43. The van der Waals surface area contributed by atoms with Gasteiger partial charge in [-0.3, -0.25) is 9.59 Å². The zero-order valence-electron chi connectivity index (χ0n) is 6.46. The molecule has 1 atom stereocenters. The van der Waals surface area contributed by atoms with E-state index in [0.29, 0.717) is 6.29 Å². The molecule has 0 amide bonds. The van der Waals surface area contributed by atoms with Gasteiger partial charge >= 0.3 is 5.97 Å². The Hall–Kier alpha value is -0.860. The highest BCUT2D eigenvalue weighted by molar-refractivity contribution is 5.74. The minimum atomic E-state index is -0.616. The molecule has 0 fully saturated rings. The number of ether oxygens (including phenoxy) is 1. The number of hydrogen-bond acceptors (Lipinski definition) is 3. The van der Waals surface area contributed by atoms with Crippen molar-refractivity contribution in [3.8, 4) is 0 Å². The Balaban J connectivity index is 3.68. The maximum atomic E-state index is 10.7. The molecule has 0 aromatic rings. The molecule has 0 saturated heterocycles. The third-order valence-corrected chi connectivity index (χ3v) is 0.965. The van der Waals surface area contributed by atoms with E-state index in [1.54, 1.807) is 13.8 Å². The van der Waals surface area contributed by atoms with E-state index in [-0.39, 0.29) is 11.9 Å². The maximum Gasteiger partial charge on any atom is 0.309 e. The summed E-state index contributed by atoms with van der Waals surface area (Å²) in [6.07, 6.45) is -0.0183. The van der Waals surface area contributed by atoms with Crippen LogP contribution < -0.4 is 0 Å². The van der Waals surface area contributed by atoms with Crippen molar-refractivity contribution < 1.29 is 14.3 Å². The summed E-state index contributed by atoms with van der Waals surface area (Å²) in [5.74, 6) is -0.498. The predicted molar refractivity (Wildman–Crippen MR) is 36.5 cm³/mol. The molecule has 10 heavy (non-hydrogen) atoms. The quantitative estimate of drug-likeness (QED) is 0.434. The highest BCUT2D eigenvalue weighted by atomic mass is 16.5. The van der Waals surface area contributed by atoms with Crippen LogP contribution in [-0.2, 0) is 14.3 Å². The first kappa shape index (κ1) is 9.14. The van der Waals surface area contributed by atoms with E-state index in [1.807, 2.05) is 0 Å². The van der Waals surface area contributed by atoms with Crippen molar-refractivity contribution in [3.05, 3.63) is 0 Å². The molecular weight excluding hydrogens is 132 g/mol. The van der Waals surface area contributed by atoms with Crippen molar-refractivity contribution in [2.45, 2.75) is 26.9 Å². The van der Waals surface area contributed by atoms with E-state index in [9.17, 15) is 9.59 Å². The molecule has 0 radical (unpaired) electrons. The number of hydrogen-bond donors (Lipinski definition) is 0. The lowest BCUT2D eigenvalue weighted by Crippen LogP contribution is -2.19. The van der Waals surface area contributed by atoms with E-state index < -0.39 is 6.10 Å². The molecule has 3 nitrogen and oxygen atoms in total. The first-order chi connectivity index (χ1) is 4.57. The molecule has 0 spiro atoms. The van der Waals surface area contributed by atoms with Crippen LogP contribution in [0.5, 0.6) is 0 Å². The zero-order chi connectivity index (χ0) is 8.15.